The molecule has 0 aromatic rings. The Morgan fingerprint density at radius 2 is 2.00 bits per heavy atom. The van der Waals surface area contributed by atoms with Crippen LogP contribution in [0, 0.1) is 0 Å². The lowest BCUT2D eigenvalue weighted by Crippen LogP contribution is -2.41. The molecule has 0 aromatic heterocycles. The summed E-state index contributed by atoms with van der Waals surface area (Å²) in [6, 6.07) is 1.07. The normalized spacial score (nSPS) is 29.6. The van der Waals surface area contributed by atoms with E-state index in [9.17, 15) is 4.79 Å². The van der Waals surface area contributed by atoms with Gasteiger partial charge in [-0.05, 0) is 37.2 Å². The van der Waals surface area contributed by atoms with E-state index >= 15 is 0 Å². The van der Waals surface area contributed by atoms with E-state index in [1.807, 2.05) is 11.8 Å². The molecular formula is C11H20N2OS. The zero-order valence-corrected chi connectivity index (χ0v) is 9.94. The van der Waals surface area contributed by atoms with Crippen LogP contribution in [-0.2, 0) is 4.79 Å². The fourth-order valence-electron chi connectivity index (χ4n) is 2.31. The Morgan fingerprint density at radius 3 is 2.80 bits per heavy atom. The maximum Gasteiger partial charge on any atom is 0.221 e. The van der Waals surface area contributed by atoms with Gasteiger partial charge in [0.05, 0.1) is 0 Å². The molecule has 2 N–H and O–H groups in total. The Bertz CT molecular complexity index is 217. The van der Waals surface area contributed by atoms with Crippen LogP contribution in [0.1, 0.15) is 32.1 Å². The van der Waals surface area contributed by atoms with Crippen LogP contribution in [0.2, 0.25) is 0 Å². The molecule has 0 aliphatic carbocycles. The molecule has 2 rings (SSSR count). The number of carbonyl (C=O) groups is 1. The first-order valence-electron chi connectivity index (χ1n) is 5.95. The van der Waals surface area contributed by atoms with Crippen LogP contribution in [0.5, 0.6) is 0 Å². The van der Waals surface area contributed by atoms with Gasteiger partial charge in [0.25, 0.3) is 0 Å². The Morgan fingerprint density at radius 1 is 1.20 bits per heavy atom. The van der Waals surface area contributed by atoms with Crippen molar-refractivity contribution >= 4 is 17.7 Å². The van der Waals surface area contributed by atoms with Gasteiger partial charge in [0.2, 0.25) is 5.91 Å². The third-order valence-electron chi connectivity index (χ3n) is 3.18. The van der Waals surface area contributed by atoms with Crippen molar-refractivity contribution in [2.45, 2.75) is 44.2 Å². The van der Waals surface area contributed by atoms with E-state index in [0.717, 1.165) is 19.4 Å². The second-order valence-electron chi connectivity index (χ2n) is 4.45. The summed E-state index contributed by atoms with van der Waals surface area (Å²) in [6.07, 6.45) is 5.46. The summed E-state index contributed by atoms with van der Waals surface area (Å²) in [5, 5.41) is 6.58. The number of hydrogen-bond acceptors (Lipinski definition) is 3. The number of rotatable bonds is 2. The molecule has 15 heavy (non-hydrogen) atoms. The fraction of sp³-hybridized carbons (Fsp3) is 0.909. The molecule has 0 spiro atoms. The topological polar surface area (TPSA) is 41.1 Å². The minimum Gasteiger partial charge on any atom is -0.356 e. The molecule has 0 saturated carbocycles. The van der Waals surface area contributed by atoms with E-state index < -0.39 is 0 Å². The molecule has 0 aromatic carbocycles. The lowest BCUT2D eigenvalue weighted by molar-refractivity contribution is -0.121. The molecule has 2 aliphatic rings. The van der Waals surface area contributed by atoms with Gasteiger partial charge in [0, 0.05) is 25.0 Å². The summed E-state index contributed by atoms with van der Waals surface area (Å²) >= 11 is 2.05. The van der Waals surface area contributed by atoms with Crippen LogP contribution in [0.3, 0.4) is 0 Å². The Hall–Kier alpha value is -0.220. The van der Waals surface area contributed by atoms with Crippen molar-refractivity contribution in [3.05, 3.63) is 0 Å². The zero-order valence-electron chi connectivity index (χ0n) is 9.13. The SMILES string of the molecule is O=C1CC(NC2CCSCC2)CCCN1. The number of thioether (sulfide) groups is 1. The van der Waals surface area contributed by atoms with Crippen molar-refractivity contribution in [1.82, 2.24) is 10.6 Å². The third-order valence-corrected chi connectivity index (χ3v) is 4.22. The molecule has 86 valence electrons. The molecule has 2 heterocycles. The number of carbonyl (C=O) groups excluding carboxylic acids is 1. The third kappa shape index (κ3) is 3.68. The average molecular weight is 228 g/mol. The highest BCUT2D eigenvalue weighted by atomic mass is 32.2. The van der Waals surface area contributed by atoms with Crippen molar-refractivity contribution < 1.29 is 4.79 Å². The van der Waals surface area contributed by atoms with Crippen molar-refractivity contribution in [1.29, 1.82) is 0 Å². The summed E-state index contributed by atoms with van der Waals surface area (Å²) in [6.45, 7) is 0.859. The van der Waals surface area contributed by atoms with Gasteiger partial charge < -0.3 is 10.6 Å². The number of hydrogen-bond donors (Lipinski definition) is 2. The van der Waals surface area contributed by atoms with E-state index in [4.69, 9.17) is 0 Å². The molecule has 2 fully saturated rings. The van der Waals surface area contributed by atoms with Gasteiger partial charge in [0.1, 0.15) is 0 Å². The van der Waals surface area contributed by atoms with Crippen LogP contribution >= 0.6 is 11.8 Å². The van der Waals surface area contributed by atoms with Gasteiger partial charge in [-0.15, -0.1) is 0 Å². The first kappa shape index (κ1) is 11.3. The predicted octanol–water partition coefficient (Wildman–Crippen LogP) is 1.14. The summed E-state index contributed by atoms with van der Waals surface area (Å²) < 4.78 is 0. The standard InChI is InChI=1S/C11H20N2OS/c14-11-8-10(2-1-5-12-11)13-9-3-6-15-7-4-9/h9-10,13H,1-8H2,(H,12,14). The van der Waals surface area contributed by atoms with Gasteiger partial charge in [-0.1, -0.05) is 0 Å². The molecule has 4 heteroatoms. The number of nitrogens with one attached hydrogen (secondary N) is 2. The van der Waals surface area contributed by atoms with Crippen molar-refractivity contribution in [2.24, 2.45) is 0 Å². The first-order valence-corrected chi connectivity index (χ1v) is 7.10. The molecule has 3 nitrogen and oxygen atoms in total. The molecule has 1 unspecified atom stereocenters. The molecule has 1 amide bonds. The van der Waals surface area contributed by atoms with Crippen LogP contribution in [0.15, 0.2) is 0 Å². The van der Waals surface area contributed by atoms with E-state index in [1.165, 1.54) is 24.3 Å². The highest BCUT2D eigenvalue weighted by molar-refractivity contribution is 7.99. The largest absolute Gasteiger partial charge is 0.356 e. The monoisotopic (exact) mass is 228 g/mol. The zero-order chi connectivity index (χ0) is 10.5. The lowest BCUT2D eigenvalue weighted by atomic mass is 10.1. The molecule has 0 radical (unpaired) electrons. The van der Waals surface area contributed by atoms with Crippen molar-refractivity contribution in [3.63, 3.8) is 0 Å². The maximum atomic E-state index is 11.4. The lowest BCUT2D eigenvalue weighted by Gasteiger charge is -2.27. The molecular weight excluding hydrogens is 208 g/mol. The second kappa shape index (κ2) is 5.75. The van der Waals surface area contributed by atoms with Gasteiger partial charge in [0.15, 0.2) is 0 Å². The van der Waals surface area contributed by atoms with E-state index in [1.54, 1.807) is 0 Å². The maximum absolute atomic E-state index is 11.4. The highest BCUT2D eigenvalue weighted by Gasteiger charge is 2.21. The quantitative estimate of drug-likeness (QED) is 0.745. The van der Waals surface area contributed by atoms with Crippen molar-refractivity contribution in [3.8, 4) is 0 Å². The van der Waals surface area contributed by atoms with E-state index in [-0.39, 0.29) is 5.91 Å². The summed E-state index contributed by atoms with van der Waals surface area (Å²) in [7, 11) is 0. The van der Waals surface area contributed by atoms with Crippen molar-refractivity contribution in [2.75, 3.05) is 18.1 Å². The van der Waals surface area contributed by atoms with Gasteiger partial charge in [-0.25, -0.2) is 0 Å². The van der Waals surface area contributed by atoms with Gasteiger partial charge in [-0.3, -0.25) is 4.79 Å². The second-order valence-corrected chi connectivity index (χ2v) is 5.67. The van der Waals surface area contributed by atoms with Crippen LogP contribution in [-0.4, -0.2) is 36.0 Å². The minimum absolute atomic E-state index is 0.218. The van der Waals surface area contributed by atoms with E-state index in [2.05, 4.69) is 10.6 Å². The Labute approximate surface area is 95.8 Å². The summed E-state index contributed by atoms with van der Waals surface area (Å²) in [5.74, 6) is 2.77. The molecule has 2 aliphatic heterocycles. The summed E-state index contributed by atoms with van der Waals surface area (Å²) in [4.78, 5) is 11.4. The minimum atomic E-state index is 0.218. The molecule has 2 saturated heterocycles. The Kier molecular flexibility index (Phi) is 4.32. The summed E-state index contributed by atoms with van der Waals surface area (Å²) in [5.41, 5.74) is 0. The smallest absolute Gasteiger partial charge is 0.221 e. The van der Waals surface area contributed by atoms with Gasteiger partial charge in [-0.2, -0.15) is 11.8 Å². The van der Waals surface area contributed by atoms with Crippen LogP contribution in [0.4, 0.5) is 0 Å². The number of amides is 1. The Balaban J connectivity index is 1.78. The fourth-order valence-corrected chi connectivity index (χ4v) is 3.42. The van der Waals surface area contributed by atoms with E-state index in [0.29, 0.717) is 18.5 Å². The van der Waals surface area contributed by atoms with Crippen LogP contribution in [0.25, 0.3) is 0 Å². The average Bonchev–Trinajstić information content (AvgIpc) is 2.44. The van der Waals surface area contributed by atoms with Gasteiger partial charge >= 0.3 is 0 Å². The molecule has 0 bridgehead atoms. The first-order chi connectivity index (χ1) is 7.34. The molecule has 1 atom stereocenters. The van der Waals surface area contributed by atoms with Crippen LogP contribution < -0.4 is 10.6 Å². The highest BCUT2D eigenvalue weighted by Crippen LogP contribution is 2.18. The predicted molar refractivity (Wildman–Crippen MR) is 64.1 cm³/mol.